The molecule has 1 aliphatic rings. The molecule has 0 aliphatic heterocycles. The Morgan fingerprint density at radius 2 is 1.77 bits per heavy atom. The standard InChI is InChI=1S/C35H37F4N3O2/c1-5-30(41-33(43)34(3,4)44-32-19-15-28(21-40-32)35(37,38)39)23-42(22-25-10-8-6-7-9-11-25)31-18-14-27(20-24(31)2)26-12-16-29(36)17-13-26/h6-8,10-21,30H,5,9,22-23H2,1-4H3,(H,41,43). The first-order valence-electron chi connectivity index (χ1n) is 14.5. The lowest BCUT2D eigenvalue weighted by atomic mass is 10.0. The molecule has 44 heavy (non-hydrogen) atoms. The molecule has 5 nitrogen and oxygen atoms in total. The van der Waals surface area contributed by atoms with Crippen molar-refractivity contribution in [2.24, 2.45) is 0 Å². The van der Waals surface area contributed by atoms with E-state index in [4.69, 9.17) is 4.74 Å². The van der Waals surface area contributed by atoms with Crippen molar-refractivity contribution in [2.75, 3.05) is 18.0 Å². The maximum atomic E-state index is 13.5. The molecule has 0 bridgehead atoms. The fourth-order valence-electron chi connectivity index (χ4n) is 4.86. The summed E-state index contributed by atoms with van der Waals surface area (Å²) in [5.41, 5.74) is 2.76. The quantitative estimate of drug-likeness (QED) is 0.223. The van der Waals surface area contributed by atoms with E-state index >= 15 is 0 Å². The van der Waals surface area contributed by atoms with Gasteiger partial charge < -0.3 is 15.0 Å². The van der Waals surface area contributed by atoms with Crippen molar-refractivity contribution in [1.29, 1.82) is 0 Å². The molecular formula is C35H37F4N3O2. The van der Waals surface area contributed by atoms with Gasteiger partial charge in [-0.25, -0.2) is 9.37 Å². The maximum Gasteiger partial charge on any atom is 0.417 e. The Bertz CT molecular complexity index is 1530. The molecule has 0 fully saturated rings. The van der Waals surface area contributed by atoms with Crippen LogP contribution in [0.4, 0.5) is 23.2 Å². The van der Waals surface area contributed by atoms with Crippen LogP contribution < -0.4 is 15.0 Å². The van der Waals surface area contributed by atoms with Crippen molar-refractivity contribution >= 4 is 11.6 Å². The molecule has 1 N–H and O–H groups in total. The second-order valence-electron chi connectivity index (χ2n) is 11.3. The Morgan fingerprint density at radius 3 is 2.41 bits per heavy atom. The second kappa shape index (κ2) is 13.9. The number of benzene rings is 2. The lowest BCUT2D eigenvalue weighted by molar-refractivity contribution is -0.138. The van der Waals surface area contributed by atoms with Gasteiger partial charge in [0.2, 0.25) is 5.88 Å². The van der Waals surface area contributed by atoms with Crippen molar-refractivity contribution in [3.8, 4) is 17.0 Å². The number of hydrogen-bond acceptors (Lipinski definition) is 4. The first kappa shape index (κ1) is 32.5. The molecule has 9 heteroatoms. The highest BCUT2D eigenvalue weighted by Gasteiger charge is 2.34. The van der Waals surface area contributed by atoms with Crippen LogP contribution in [0.25, 0.3) is 11.1 Å². The maximum absolute atomic E-state index is 13.5. The first-order chi connectivity index (χ1) is 20.9. The zero-order chi connectivity index (χ0) is 31.9. The molecule has 0 radical (unpaired) electrons. The van der Waals surface area contributed by atoms with Crippen LogP contribution >= 0.6 is 0 Å². The van der Waals surface area contributed by atoms with Crippen molar-refractivity contribution < 1.29 is 27.1 Å². The number of carbonyl (C=O) groups excluding carboxylic acids is 1. The number of nitrogens with zero attached hydrogens (tertiary/aromatic N) is 2. The van der Waals surface area contributed by atoms with Crippen LogP contribution in [-0.4, -0.2) is 35.6 Å². The molecule has 4 rings (SSSR count). The molecule has 1 unspecified atom stereocenters. The molecular weight excluding hydrogens is 570 g/mol. The Labute approximate surface area is 256 Å². The van der Waals surface area contributed by atoms with Crippen LogP contribution in [0.2, 0.25) is 0 Å². The molecule has 0 spiro atoms. The summed E-state index contributed by atoms with van der Waals surface area (Å²) in [6, 6.07) is 14.2. The number of carbonyl (C=O) groups is 1. The van der Waals surface area contributed by atoms with E-state index in [0.717, 1.165) is 46.5 Å². The van der Waals surface area contributed by atoms with Gasteiger partial charge in [-0.05, 0) is 86.2 Å². The molecule has 0 saturated carbocycles. The number of amides is 1. The highest BCUT2D eigenvalue weighted by Crippen LogP contribution is 2.31. The highest BCUT2D eigenvalue weighted by atomic mass is 19.4. The largest absolute Gasteiger partial charge is 0.462 e. The fourth-order valence-corrected chi connectivity index (χ4v) is 4.86. The molecule has 0 saturated heterocycles. The van der Waals surface area contributed by atoms with Gasteiger partial charge in [0.1, 0.15) is 5.82 Å². The van der Waals surface area contributed by atoms with Crippen molar-refractivity contribution in [3.63, 3.8) is 0 Å². The topological polar surface area (TPSA) is 54.5 Å². The van der Waals surface area contributed by atoms with Gasteiger partial charge in [0.15, 0.2) is 5.60 Å². The predicted octanol–water partition coefficient (Wildman–Crippen LogP) is 8.22. The molecule has 1 heterocycles. The van der Waals surface area contributed by atoms with Gasteiger partial charge in [-0.15, -0.1) is 0 Å². The lowest BCUT2D eigenvalue weighted by Gasteiger charge is -2.33. The summed E-state index contributed by atoms with van der Waals surface area (Å²) in [4.78, 5) is 19.4. The summed E-state index contributed by atoms with van der Waals surface area (Å²) < 4.78 is 58.0. The van der Waals surface area contributed by atoms with Gasteiger partial charge in [0, 0.05) is 37.1 Å². The van der Waals surface area contributed by atoms with E-state index < -0.39 is 23.2 Å². The number of aromatic nitrogens is 1. The number of alkyl halides is 3. The van der Waals surface area contributed by atoms with Crippen LogP contribution in [0, 0.1) is 12.7 Å². The Hall–Kier alpha value is -4.40. The lowest BCUT2D eigenvalue weighted by Crippen LogP contribution is -2.53. The molecule has 2 aromatic carbocycles. The van der Waals surface area contributed by atoms with E-state index in [2.05, 4.69) is 39.5 Å². The van der Waals surface area contributed by atoms with Crippen molar-refractivity contribution in [2.45, 2.75) is 58.4 Å². The number of hydrogen-bond donors (Lipinski definition) is 1. The zero-order valence-corrected chi connectivity index (χ0v) is 25.3. The summed E-state index contributed by atoms with van der Waals surface area (Å²) in [6.45, 7) is 8.22. The normalized spacial score (nSPS) is 14.0. The second-order valence-corrected chi connectivity index (χ2v) is 11.3. The average Bonchev–Trinajstić information content (AvgIpc) is 3.25. The smallest absolute Gasteiger partial charge is 0.417 e. The molecule has 3 aromatic rings. The van der Waals surface area contributed by atoms with E-state index in [1.807, 2.05) is 38.1 Å². The third kappa shape index (κ3) is 8.58. The van der Waals surface area contributed by atoms with Gasteiger partial charge in [0.25, 0.3) is 5.91 Å². The summed E-state index contributed by atoms with van der Waals surface area (Å²) in [6.07, 6.45) is 7.96. The number of nitrogens with one attached hydrogen (secondary N) is 1. The van der Waals surface area contributed by atoms with E-state index in [9.17, 15) is 22.4 Å². The summed E-state index contributed by atoms with van der Waals surface area (Å²) in [5.74, 6) is -0.776. The number of allylic oxidation sites excluding steroid dienone is 4. The van der Waals surface area contributed by atoms with Crippen molar-refractivity contribution in [3.05, 3.63) is 114 Å². The van der Waals surface area contributed by atoms with Crippen LogP contribution in [-0.2, 0) is 11.0 Å². The van der Waals surface area contributed by atoms with Crippen LogP contribution in [0.5, 0.6) is 5.88 Å². The minimum absolute atomic E-state index is 0.0783. The Balaban J connectivity index is 1.53. The number of rotatable bonds is 11. The first-order valence-corrected chi connectivity index (χ1v) is 14.5. The van der Waals surface area contributed by atoms with E-state index in [-0.39, 0.29) is 17.7 Å². The van der Waals surface area contributed by atoms with Crippen LogP contribution in [0.3, 0.4) is 0 Å². The van der Waals surface area contributed by atoms with Gasteiger partial charge in [0.05, 0.1) is 5.56 Å². The van der Waals surface area contributed by atoms with Gasteiger partial charge in [-0.3, -0.25) is 4.79 Å². The summed E-state index contributed by atoms with van der Waals surface area (Å²) >= 11 is 0. The molecule has 1 atom stereocenters. The molecule has 1 aliphatic carbocycles. The van der Waals surface area contributed by atoms with Crippen molar-refractivity contribution in [1.82, 2.24) is 10.3 Å². The van der Waals surface area contributed by atoms with E-state index in [1.54, 1.807) is 26.0 Å². The molecule has 232 valence electrons. The number of anilines is 1. The van der Waals surface area contributed by atoms with Gasteiger partial charge in [-0.1, -0.05) is 55.5 Å². The highest BCUT2D eigenvalue weighted by molar-refractivity contribution is 5.85. The van der Waals surface area contributed by atoms with Gasteiger partial charge in [-0.2, -0.15) is 13.2 Å². The van der Waals surface area contributed by atoms with Crippen LogP contribution in [0.1, 0.15) is 44.7 Å². The molecule has 1 aromatic heterocycles. The minimum Gasteiger partial charge on any atom is -0.462 e. The fraction of sp³-hybridized carbons (Fsp3) is 0.314. The predicted molar refractivity (Wildman–Crippen MR) is 166 cm³/mol. The Kier molecular flexibility index (Phi) is 10.3. The van der Waals surface area contributed by atoms with Crippen LogP contribution in [0.15, 0.2) is 96.7 Å². The Morgan fingerprint density at radius 1 is 1.05 bits per heavy atom. The zero-order valence-electron chi connectivity index (χ0n) is 25.3. The minimum atomic E-state index is -4.52. The van der Waals surface area contributed by atoms with Gasteiger partial charge >= 0.3 is 6.18 Å². The third-order valence-electron chi connectivity index (χ3n) is 7.40. The third-order valence-corrected chi connectivity index (χ3v) is 7.40. The van der Waals surface area contributed by atoms with E-state index in [0.29, 0.717) is 25.7 Å². The number of halogens is 4. The average molecular weight is 608 g/mol. The molecule has 1 amide bonds. The number of pyridine rings is 1. The summed E-state index contributed by atoms with van der Waals surface area (Å²) in [5, 5.41) is 3.08. The number of ether oxygens (including phenoxy) is 1. The van der Waals surface area contributed by atoms with E-state index in [1.165, 1.54) is 12.1 Å². The SMILES string of the molecule is CCC(CN(CC1=CCC=CC=C1)c1ccc(-c2ccc(F)cc2)cc1C)NC(=O)C(C)(C)Oc1ccc(C(F)(F)F)cn1. The monoisotopic (exact) mass is 607 g/mol. The summed E-state index contributed by atoms with van der Waals surface area (Å²) in [7, 11) is 0. The number of aryl methyl sites for hydroxylation is 1.